The lowest BCUT2D eigenvalue weighted by Gasteiger charge is -2.35. The van der Waals surface area contributed by atoms with E-state index in [1.54, 1.807) is 6.07 Å². The molecule has 2 aromatic carbocycles. The average Bonchev–Trinajstić information content (AvgIpc) is 3.45. The van der Waals surface area contributed by atoms with Crippen molar-refractivity contribution in [2.24, 2.45) is 11.8 Å². The van der Waals surface area contributed by atoms with Crippen LogP contribution in [0.5, 0.6) is 0 Å². The molecule has 0 bridgehead atoms. The van der Waals surface area contributed by atoms with Crippen LogP contribution in [0.4, 0.5) is 5.69 Å². The molecule has 2 N–H and O–H groups in total. The van der Waals surface area contributed by atoms with Crippen LogP contribution < -0.4 is 10.4 Å². The molecule has 0 aromatic heterocycles. The van der Waals surface area contributed by atoms with Crippen molar-refractivity contribution in [1.82, 2.24) is 10.3 Å². The molecule has 1 saturated heterocycles. The van der Waals surface area contributed by atoms with Crippen molar-refractivity contribution in [1.29, 1.82) is 5.26 Å². The maximum absolute atomic E-state index is 11.5. The van der Waals surface area contributed by atoms with E-state index in [-0.39, 0.29) is 6.04 Å². The van der Waals surface area contributed by atoms with E-state index >= 15 is 0 Å². The Labute approximate surface area is 195 Å². The van der Waals surface area contributed by atoms with Gasteiger partial charge in [-0.2, -0.15) is 5.26 Å². The number of nitrogens with one attached hydrogen (secondary N) is 1. The van der Waals surface area contributed by atoms with E-state index in [9.17, 15) is 15.2 Å². The molecule has 1 heterocycles. The lowest BCUT2D eigenvalue weighted by atomic mass is 9.73. The van der Waals surface area contributed by atoms with Gasteiger partial charge in [-0.1, -0.05) is 18.9 Å². The Kier molecular flexibility index (Phi) is 5.86. The van der Waals surface area contributed by atoms with Crippen LogP contribution in [0.15, 0.2) is 36.4 Å². The summed E-state index contributed by atoms with van der Waals surface area (Å²) in [6.45, 7) is 0.728. The summed E-state index contributed by atoms with van der Waals surface area (Å²) in [5.74, 6) is 0.278. The van der Waals surface area contributed by atoms with E-state index in [0.717, 1.165) is 41.8 Å². The van der Waals surface area contributed by atoms with Gasteiger partial charge in [0.25, 0.3) is 0 Å². The number of rotatable bonds is 5. The topological polar surface area (TPSA) is 79.6 Å². The van der Waals surface area contributed by atoms with Gasteiger partial charge in [-0.15, -0.1) is 0 Å². The predicted molar refractivity (Wildman–Crippen MR) is 128 cm³/mol. The second-order valence-corrected chi connectivity index (χ2v) is 10.1. The van der Waals surface area contributed by atoms with Crippen LogP contribution in [-0.2, 0) is 13.0 Å². The number of nitriles is 1. The third-order valence-corrected chi connectivity index (χ3v) is 7.77. The van der Waals surface area contributed by atoms with Crippen molar-refractivity contribution in [2.75, 3.05) is 19.1 Å². The molecular weight excluding hydrogens is 412 g/mol. The summed E-state index contributed by atoms with van der Waals surface area (Å²) >= 11 is 0. The lowest BCUT2D eigenvalue weighted by Crippen LogP contribution is -2.42. The minimum atomic E-state index is -0.865. The van der Waals surface area contributed by atoms with Gasteiger partial charge >= 0.3 is 5.97 Å². The molecule has 3 aliphatic rings. The summed E-state index contributed by atoms with van der Waals surface area (Å²) in [5, 5.41) is 21.4. The van der Waals surface area contributed by atoms with Crippen LogP contribution in [0.2, 0.25) is 0 Å². The maximum atomic E-state index is 11.5. The molecule has 0 radical (unpaired) electrons. The first-order valence-electron chi connectivity index (χ1n) is 12.1. The smallest absolute Gasteiger partial charge is 0.335 e. The highest BCUT2D eigenvalue weighted by molar-refractivity contribution is 5.88. The first-order chi connectivity index (χ1) is 16.0. The highest BCUT2D eigenvalue weighted by Gasteiger charge is 2.48. The van der Waals surface area contributed by atoms with Gasteiger partial charge in [-0.05, 0) is 92.7 Å². The number of hydrogen-bond donors (Lipinski definition) is 2. The predicted octanol–water partition coefficient (Wildman–Crippen LogP) is 4.51. The molecule has 2 aromatic rings. The lowest BCUT2D eigenvalue weighted by molar-refractivity contribution is 0.0696. The van der Waals surface area contributed by atoms with Crippen molar-refractivity contribution in [3.05, 3.63) is 64.2 Å². The molecule has 6 nitrogen and oxygen atoms in total. The van der Waals surface area contributed by atoms with Crippen molar-refractivity contribution in [2.45, 2.75) is 57.2 Å². The standard InChI is InChI=1S/C27H32N4O2/c1-30(2)16-21-14-22(10-7-20(21)15-28)31-26(17-5-3-4-6-17)24-12-8-18-13-19(27(32)33)9-11-23(18)25(24)29-31/h7,9-11,13-14,17,24-26,29H,3-6,8,12,16H2,1-2H3,(H,32,33). The van der Waals surface area contributed by atoms with Crippen molar-refractivity contribution < 1.29 is 9.90 Å². The first-order valence-corrected chi connectivity index (χ1v) is 12.1. The molecule has 33 heavy (non-hydrogen) atoms. The molecule has 2 aliphatic carbocycles. The zero-order chi connectivity index (χ0) is 23.1. The summed E-state index contributed by atoms with van der Waals surface area (Å²) in [5.41, 5.74) is 9.52. The minimum absolute atomic E-state index is 0.190. The zero-order valence-electron chi connectivity index (χ0n) is 19.4. The Balaban J connectivity index is 1.54. The number of hydrazine groups is 1. The molecule has 1 saturated carbocycles. The SMILES string of the molecule is CN(C)Cc1cc(N2NC3c4ccc(C(=O)O)cc4CCC3C2C2CCCC2)ccc1C#N. The van der Waals surface area contributed by atoms with Crippen molar-refractivity contribution in [3.63, 3.8) is 0 Å². The van der Waals surface area contributed by atoms with Gasteiger partial charge in [0, 0.05) is 12.5 Å². The highest BCUT2D eigenvalue weighted by Crippen LogP contribution is 2.48. The van der Waals surface area contributed by atoms with E-state index in [2.05, 4.69) is 33.5 Å². The highest BCUT2D eigenvalue weighted by atomic mass is 16.4. The van der Waals surface area contributed by atoms with Gasteiger partial charge in [-0.25, -0.2) is 10.2 Å². The minimum Gasteiger partial charge on any atom is -0.478 e. The Morgan fingerprint density at radius 2 is 1.97 bits per heavy atom. The molecular formula is C27H32N4O2. The molecule has 6 heteroatoms. The molecule has 2 fully saturated rings. The number of hydrogen-bond acceptors (Lipinski definition) is 5. The number of benzene rings is 2. The first kappa shape index (κ1) is 21.9. The van der Waals surface area contributed by atoms with Crippen LogP contribution in [0.25, 0.3) is 0 Å². The average molecular weight is 445 g/mol. The third kappa shape index (κ3) is 4.01. The number of aromatic carboxylic acids is 1. The van der Waals surface area contributed by atoms with Gasteiger partial charge < -0.3 is 15.0 Å². The van der Waals surface area contributed by atoms with Crippen LogP contribution in [0, 0.1) is 23.2 Å². The monoisotopic (exact) mass is 444 g/mol. The van der Waals surface area contributed by atoms with Gasteiger partial charge in [0.2, 0.25) is 0 Å². The summed E-state index contributed by atoms with van der Waals surface area (Å²) in [6, 6.07) is 14.8. The second-order valence-electron chi connectivity index (χ2n) is 10.1. The fourth-order valence-corrected chi connectivity index (χ4v) is 6.36. The molecule has 5 rings (SSSR count). The fraction of sp³-hybridized carbons (Fsp3) is 0.481. The Bertz CT molecular complexity index is 1100. The van der Waals surface area contributed by atoms with Crippen LogP contribution in [0.1, 0.15) is 70.8 Å². The zero-order valence-corrected chi connectivity index (χ0v) is 19.4. The molecule has 0 spiro atoms. The van der Waals surface area contributed by atoms with E-state index in [0.29, 0.717) is 23.4 Å². The quantitative estimate of drug-likeness (QED) is 0.707. The molecule has 172 valence electrons. The summed E-state index contributed by atoms with van der Waals surface area (Å²) in [7, 11) is 4.06. The van der Waals surface area contributed by atoms with Gasteiger partial charge in [0.1, 0.15) is 0 Å². The summed E-state index contributed by atoms with van der Waals surface area (Å²) in [6.07, 6.45) is 7.10. The number of aryl methyl sites for hydroxylation is 1. The third-order valence-electron chi connectivity index (χ3n) is 7.77. The fourth-order valence-electron chi connectivity index (χ4n) is 6.36. The van der Waals surface area contributed by atoms with Crippen LogP contribution >= 0.6 is 0 Å². The summed E-state index contributed by atoms with van der Waals surface area (Å²) in [4.78, 5) is 13.6. The maximum Gasteiger partial charge on any atom is 0.335 e. The van der Waals surface area contributed by atoms with Gasteiger partial charge in [0.15, 0.2) is 0 Å². The van der Waals surface area contributed by atoms with Gasteiger partial charge in [-0.3, -0.25) is 0 Å². The Morgan fingerprint density at radius 1 is 1.18 bits per heavy atom. The van der Waals surface area contributed by atoms with E-state index < -0.39 is 5.97 Å². The van der Waals surface area contributed by atoms with Crippen LogP contribution in [-0.4, -0.2) is 36.1 Å². The molecule has 0 amide bonds. The summed E-state index contributed by atoms with van der Waals surface area (Å²) < 4.78 is 0. The Morgan fingerprint density at radius 3 is 2.67 bits per heavy atom. The largest absolute Gasteiger partial charge is 0.478 e. The normalized spacial score (nSPS) is 24.5. The van der Waals surface area contributed by atoms with E-state index in [4.69, 9.17) is 0 Å². The molecule has 3 atom stereocenters. The number of carboxylic acid groups (broad SMARTS) is 1. The number of fused-ring (bicyclic) bond motifs is 3. The Hall–Kier alpha value is -2.88. The number of carboxylic acids is 1. The van der Waals surface area contributed by atoms with E-state index in [1.165, 1.54) is 31.2 Å². The molecule has 3 unspecified atom stereocenters. The number of nitrogens with zero attached hydrogens (tertiary/aromatic N) is 3. The molecule has 1 aliphatic heterocycles. The van der Waals surface area contributed by atoms with Crippen molar-refractivity contribution >= 4 is 11.7 Å². The van der Waals surface area contributed by atoms with E-state index in [1.807, 2.05) is 32.3 Å². The van der Waals surface area contributed by atoms with Gasteiger partial charge in [0.05, 0.1) is 35.0 Å². The second kappa shape index (κ2) is 8.81. The number of anilines is 1. The number of carbonyl (C=O) groups is 1. The van der Waals surface area contributed by atoms with Crippen molar-refractivity contribution in [3.8, 4) is 6.07 Å². The van der Waals surface area contributed by atoms with Crippen LogP contribution in [0.3, 0.4) is 0 Å².